The first-order valence-corrected chi connectivity index (χ1v) is 10.8. The minimum Gasteiger partial charge on any atom is -0.497 e. The van der Waals surface area contributed by atoms with E-state index >= 15 is 0 Å². The Balaban J connectivity index is 1.45. The smallest absolute Gasteiger partial charge is 0.119 e. The van der Waals surface area contributed by atoms with Crippen molar-refractivity contribution in [1.29, 1.82) is 0 Å². The quantitative estimate of drug-likeness (QED) is 0.385. The van der Waals surface area contributed by atoms with Gasteiger partial charge in [-0.3, -0.25) is 0 Å². The first-order chi connectivity index (χ1) is 15.0. The number of methoxy groups -OCH3 is 1. The fourth-order valence-corrected chi connectivity index (χ4v) is 4.04. The van der Waals surface area contributed by atoms with Gasteiger partial charge in [0.05, 0.1) is 23.8 Å². The number of aromatic nitrogens is 1. The molecule has 0 atom stereocenters. The number of hydrogen-bond acceptors (Lipinski definition) is 5. The number of nitrogens with zero attached hydrogens (tertiary/aromatic N) is 2. The summed E-state index contributed by atoms with van der Waals surface area (Å²) in [7, 11) is 5.87. The Morgan fingerprint density at radius 1 is 0.968 bits per heavy atom. The van der Waals surface area contributed by atoms with Crippen LogP contribution in [0.4, 0.5) is 5.69 Å². The molecule has 1 fully saturated rings. The molecule has 3 aromatic rings. The van der Waals surface area contributed by atoms with Gasteiger partial charge >= 0.3 is 0 Å². The average molecular weight is 436 g/mol. The zero-order valence-electron chi connectivity index (χ0n) is 18.2. The third-order valence-corrected chi connectivity index (χ3v) is 5.59. The van der Waals surface area contributed by atoms with Crippen molar-refractivity contribution in [3.8, 4) is 5.75 Å². The minimum absolute atomic E-state index is 0.684. The molecule has 0 amide bonds. The number of benzene rings is 2. The van der Waals surface area contributed by atoms with Crippen LogP contribution in [0, 0.1) is 31.1 Å². The molecule has 4 rings (SSSR count). The zero-order valence-corrected chi connectivity index (χ0v) is 19.0. The van der Waals surface area contributed by atoms with Crippen molar-refractivity contribution < 1.29 is 4.74 Å². The van der Waals surface area contributed by atoms with Crippen LogP contribution in [-0.4, -0.2) is 57.3 Å². The molecule has 0 unspecified atom stereocenters. The highest BCUT2D eigenvalue weighted by atomic mass is 35.5. The Bertz CT molecular complexity index is 1040. The fourth-order valence-electron chi connectivity index (χ4n) is 3.87. The van der Waals surface area contributed by atoms with E-state index in [2.05, 4.69) is 48.9 Å². The Morgan fingerprint density at radius 3 is 2.61 bits per heavy atom. The van der Waals surface area contributed by atoms with Gasteiger partial charge in [0.15, 0.2) is 0 Å². The minimum atomic E-state index is 0.684. The van der Waals surface area contributed by atoms with E-state index in [1.54, 1.807) is 7.11 Å². The molecule has 2 N–H and O–H groups in total. The van der Waals surface area contributed by atoms with Crippen LogP contribution in [0.2, 0.25) is 5.02 Å². The van der Waals surface area contributed by atoms with E-state index in [4.69, 9.17) is 21.3 Å². The predicted octanol–water partition coefficient (Wildman–Crippen LogP) is 4.39. The van der Waals surface area contributed by atoms with Crippen molar-refractivity contribution in [2.75, 3.05) is 52.7 Å². The Labute approximate surface area is 190 Å². The second-order valence-corrected chi connectivity index (χ2v) is 8.39. The monoisotopic (exact) mass is 435 g/mol. The first-order valence-electron chi connectivity index (χ1n) is 10.4. The first kappa shape index (κ1) is 22.1. The van der Waals surface area contributed by atoms with Crippen molar-refractivity contribution in [2.45, 2.75) is 0 Å². The molecule has 6 heteroatoms. The van der Waals surface area contributed by atoms with E-state index in [-0.39, 0.29) is 0 Å². The lowest BCUT2D eigenvalue weighted by Gasteiger charge is -2.22. The Morgan fingerprint density at radius 2 is 1.81 bits per heavy atom. The molecule has 0 saturated heterocycles. The van der Waals surface area contributed by atoms with Crippen molar-refractivity contribution >= 4 is 39.1 Å². The van der Waals surface area contributed by atoms with E-state index in [1.165, 1.54) is 11.8 Å². The average Bonchev–Trinajstić information content (AvgIpc) is 3.18. The normalized spacial score (nSPS) is 15.4. The Hall–Kier alpha value is -2.08. The summed E-state index contributed by atoms with van der Waals surface area (Å²) in [5.74, 6) is 3.54. The highest BCUT2D eigenvalue weighted by Crippen LogP contribution is 2.34. The van der Waals surface area contributed by atoms with Gasteiger partial charge in [0, 0.05) is 53.8 Å². The third-order valence-electron chi connectivity index (χ3n) is 5.36. The summed E-state index contributed by atoms with van der Waals surface area (Å²) >= 11 is 6.22. The van der Waals surface area contributed by atoms with Crippen LogP contribution in [0.5, 0.6) is 5.75 Å². The van der Waals surface area contributed by atoms with Gasteiger partial charge in [-0.1, -0.05) is 11.6 Å². The van der Waals surface area contributed by atoms with Crippen LogP contribution in [0.25, 0.3) is 21.8 Å². The van der Waals surface area contributed by atoms with Crippen molar-refractivity contribution in [2.24, 2.45) is 0 Å². The second kappa shape index (κ2) is 10.0. The summed E-state index contributed by atoms with van der Waals surface area (Å²) in [6, 6.07) is 11.8. The number of fused-ring (bicyclic) bond motifs is 2. The lowest BCUT2D eigenvalue weighted by molar-refractivity contribution is 0.415. The molecule has 5 nitrogen and oxygen atoms in total. The molecular weight excluding hydrogens is 408 g/mol. The molecule has 0 bridgehead atoms. The summed E-state index contributed by atoms with van der Waals surface area (Å²) in [6.07, 6.45) is 6.52. The number of hydrogen-bond donors (Lipinski definition) is 2. The molecule has 5 radical (unpaired) electrons. The SMILES string of the molecule is COc1ccc2nc3cc(Cl)ccc3c(NCCNC[C]3[CH][CH][CH][C]3CN(C)C)c2c1. The van der Waals surface area contributed by atoms with Gasteiger partial charge < -0.3 is 20.3 Å². The summed E-state index contributed by atoms with van der Waals surface area (Å²) in [6.45, 7) is 3.45. The lowest BCUT2D eigenvalue weighted by Crippen LogP contribution is -2.31. The number of nitrogens with one attached hydrogen (secondary N) is 2. The van der Waals surface area contributed by atoms with Crippen LogP contribution in [0.1, 0.15) is 0 Å². The van der Waals surface area contributed by atoms with Gasteiger partial charge in [-0.25, -0.2) is 4.98 Å². The third kappa shape index (κ3) is 5.22. The highest BCUT2D eigenvalue weighted by Gasteiger charge is 2.28. The second-order valence-electron chi connectivity index (χ2n) is 7.95. The highest BCUT2D eigenvalue weighted by molar-refractivity contribution is 6.31. The summed E-state index contributed by atoms with van der Waals surface area (Å²) in [5.41, 5.74) is 2.85. The molecule has 1 aromatic heterocycles. The van der Waals surface area contributed by atoms with Gasteiger partial charge in [-0.05, 0) is 69.8 Å². The maximum atomic E-state index is 6.22. The maximum absolute atomic E-state index is 6.22. The van der Waals surface area contributed by atoms with Gasteiger partial charge in [-0.2, -0.15) is 0 Å². The molecule has 0 aliphatic heterocycles. The molecule has 1 aliphatic rings. The molecular formula is C25H28ClN4O. The van der Waals surface area contributed by atoms with Crippen molar-refractivity contribution in [1.82, 2.24) is 15.2 Å². The van der Waals surface area contributed by atoms with Crippen LogP contribution in [0.15, 0.2) is 36.4 Å². The number of anilines is 1. The van der Waals surface area contributed by atoms with Gasteiger partial charge in [-0.15, -0.1) is 0 Å². The summed E-state index contributed by atoms with van der Waals surface area (Å²) in [4.78, 5) is 6.98. The number of ether oxygens (including phenoxy) is 1. The molecule has 161 valence electrons. The molecule has 1 saturated carbocycles. The van der Waals surface area contributed by atoms with E-state index in [0.717, 1.165) is 59.4 Å². The summed E-state index contributed by atoms with van der Waals surface area (Å²) < 4.78 is 5.44. The van der Waals surface area contributed by atoms with Crippen molar-refractivity contribution in [3.05, 3.63) is 72.5 Å². The largest absolute Gasteiger partial charge is 0.497 e. The van der Waals surface area contributed by atoms with Crippen LogP contribution < -0.4 is 15.4 Å². The summed E-state index contributed by atoms with van der Waals surface area (Å²) in [5, 5.41) is 9.95. The van der Waals surface area contributed by atoms with E-state index < -0.39 is 0 Å². The molecule has 31 heavy (non-hydrogen) atoms. The fraction of sp³-hybridized carbons (Fsp3) is 0.280. The van der Waals surface area contributed by atoms with Gasteiger partial charge in [0.1, 0.15) is 5.75 Å². The molecule has 1 heterocycles. The topological polar surface area (TPSA) is 49.4 Å². The molecule has 2 aromatic carbocycles. The van der Waals surface area contributed by atoms with Crippen LogP contribution in [-0.2, 0) is 0 Å². The van der Waals surface area contributed by atoms with Crippen LogP contribution in [0.3, 0.4) is 0 Å². The van der Waals surface area contributed by atoms with Gasteiger partial charge in [0.25, 0.3) is 0 Å². The predicted molar refractivity (Wildman–Crippen MR) is 130 cm³/mol. The van der Waals surface area contributed by atoms with Gasteiger partial charge in [0.2, 0.25) is 0 Å². The van der Waals surface area contributed by atoms with E-state index in [1.807, 2.05) is 36.4 Å². The lowest BCUT2D eigenvalue weighted by atomic mass is 9.95. The number of rotatable bonds is 9. The number of halogens is 1. The zero-order chi connectivity index (χ0) is 21.8. The standard InChI is InChI=1S/C25H28ClN4O/c1-30(2)16-18-6-4-5-17(18)15-27-11-12-28-25-21-9-7-19(26)13-24(21)29-23-10-8-20(31-3)14-22(23)25/h4-10,13-14,27H,11-12,15-16H2,1-3H3,(H,28,29). The molecule has 0 spiro atoms. The van der Waals surface area contributed by atoms with E-state index in [9.17, 15) is 0 Å². The van der Waals surface area contributed by atoms with E-state index in [0.29, 0.717) is 5.02 Å². The maximum Gasteiger partial charge on any atom is 0.119 e. The Kier molecular flexibility index (Phi) is 7.16. The number of pyridine rings is 1. The van der Waals surface area contributed by atoms with Crippen molar-refractivity contribution in [3.63, 3.8) is 0 Å². The molecule has 1 aliphatic carbocycles. The van der Waals surface area contributed by atoms with Crippen LogP contribution >= 0.6 is 11.6 Å².